The fraction of sp³-hybridized carbons (Fsp3) is 0.385. The first kappa shape index (κ1) is 19.1. The molecule has 7 heteroatoms. The Morgan fingerprint density at radius 2 is 2.05 bits per heavy atom. The van der Waals surface area contributed by atoms with E-state index in [-0.39, 0.29) is 30.7 Å². The van der Waals surface area contributed by atoms with Gasteiger partial charge in [0.25, 0.3) is 0 Å². The zero-order chi connectivity index (χ0) is 12.8. The molecule has 0 aliphatic heterocycles. The number of carbonyl (C=O) groups is 1. The molecular formula is C13H19Cl2N3OS. The lowest BCUT2D eigenvalue weighted by atomic mass is 10.2. The third-order valence-corrected chi connectivity index (χ3v) is 3.70. The van der Waals surface area contributed by atoms with Crippen molar-refractivity contribution in [1.82, 2.24) is 10.3 Å². The van der Waals surface area contributed by atoms with Crippen molar-refractivity contribution < 1.29 is 4.79 Å². The quantitative estimate of drug-likeness (QED) is 0.852. The molecule has 20 heavy (non-hydrogen) atoms. The number of rotatable bonds is 6. The molecule has 1 aromatic carbocycles. The van der Waals surface area contributed by atoms with Crippen LogP contribution in [0, 0.1) is 0 Å². The van der Waals surface area contributed by atoms with Gasteiger partial charge in [-0.05, 0) is 25.0 Å². The Balaban J connectivity index is 0.00000180. The third-order valence-electron chi connectivity index (χ3n) is 2.60. The molecule has 112 valence electrons. The first-order chi connectivity index (χ1) is 8.79. The van der Waals surface area contributed by atoms with Crippen LogP contribution in [-0.2, 0) is 11.2 Å². The standard InChI is InChI=1S/C13H17N3OS.2ClH/c14-8-9-15-12(17)6-3-7-13-16-10-4-1-2-5-11(10)18-13;;/h1-2,4-5H,3,6-9,14H2,(H,15,17);2*1H. The van der Waals surface area contributed by atoms with Crippen LogP contribution in [0.2, 0.25) is 0 Å². The molecule has 0 radical (unpaired) electrons. The van der Waals surface area contributed by atoms with Gasteiger partial charge in [0, 0.05) is 19.5 Å². The number of thiazole rings is 1. The van der Waals surface area contributed by atoms with E-state index in [0.717, 1.165) is 23.4 Å². The molecule has 0 spiro atoms. The minimum Gasteiger partial charge on any atom is -0.355 e. The van der Waals surface area contributed by atoms with E-state index in [1.807, 2.05) is 18.2 Å². The summed E-state index contributed by atoms with van der Waals surface area (Å²) in [7, 11) is 0. The third kappa shape index (κ3) is 5.63. The van der Waals surface area contributed by atoms with E-state index in [9.17, 15) is 4.79 Å². The molecule has 1 heterocycles. The number of hydrogen-bond donors (Lipinski definition) is 2. The summed E-state index contributed by atoms with van der Waals surface area (Å²) < 4.78 is 1.21. The first-order valence-corrected chi connectivity index (χ1v) is 6.92. The van der Waals surface area contributed by atoms with E-state index in [1.54, 1.807) is 11.3 Å². The number of aryl methyl sites for hydroxylation is 1. The molecule has 0 aliphatic rings. The Bertz CT molecular complexity index is 500. The minimum atomic E-state index is 0. The molecule has 3 N–H and O–H groups in total. The number of nitrogens with zero attached hydrogens (tertiary/aromatic N) is 1. The fourth-order valence-electron chi connectivity index (χ4n) is 1.73. The number of hydrogen-bond acceptors (Lipinski definition) is 4. The van der Waals surface area contributed by atoms with Crippen molar-refractivity contribution in [3.8, 4) is 0 Å². The van der Waals surface area contributed by atoms with Gasteiger partial charge >= 0.3 is 0 Å². The highest BCUT2D eigenvalue weighted by Crippen LogP contribution is 2.22. The van der Waals surface area contributed by atoms with Crippen LogP contribution in [0.5, 0.6) is 0 Å². The summed E-state index contributed by atoms with van der Waals surface area (Å²) in [6, 6.07) is 8.10. The largest absolute Gasteiger partial charge is 0.355 e. The summed E-state index contributed by atoms with van der Waals surface area (Å²) in [5.41, 5.74) is 6.36. The highest BCUT2D eigenvalue weighted by atomic mass is 35.5. The van der Waals surface area contributed by atoms with Gasteiger partial charge in [0.15, 0.2) is 0 Å². The molecule has 0 saturated heterocycles. The van der Waals surface area contributed by atoms with Crippen molar-refractivity contribution in [3.05, 3.63) is 29.3 Å². The second kappa shape index (κ2) is 9.94. The van der Waals surface area contributed by atoms with E-state index >= 15 is 0 Å². The summed E-state index contributed by atoms with van der Waals surface area (Å²) in [5, 5.41) is 3.86. The predicted octanol–water partition coefficient (Wildman–Crippen LogP) is 2.54. The molecule has 2 aromatic rings. The Kier molecular flexibility index (Phi) is 9.50. The van der Waals surface area contributed by atoms with E-state index in [2.05, 4.69) is 16.4 Å². The lowest BCUT2D eigenvalue weighted by Gasteiger charge is -2.01. The number of nitrogens with one attached hydrogen (secondary N) is 1. The van der Waals surface area contributed by atoms with Gasteiger partial charge < -0.3 is 11.1 Å². The van der Waals surface area contributed by atoms with Crippen LogP contribution in [0.3, 0.4) is 0 Å². The molecule has 0 saturated carbocycles. The van der Waals surface area contributed by atoms with Crippen LogP contribution in [0.25, 0.3) is 10.2 Å². The molecule has 1 aromatic heterocycles. The highest BCUT2D eigenvalue weighted by Gasteiger charge is 2.05. The summed E-state index contributed by atoms with van der Waals surface area (Å²) in [6.07, 6.45) is 2.22. The van der Waals surface area contributed by atoms with Crippen molar-refractivity contribution in [2.75, 3.05) is 13.1 Å². The Morgan fingerprint density at radius 1 is 1.30 bits per heavy atom. The van der Waals surface area contributed by atoms with Crippen LogP contribution in [-0.4, -0.2) is 24.0 Å². The second-order valence-electron chi connectivity index (χ2n) is 4.07. The molecule has 4 nitrogen and oxygen atoms in total. The van der Waals surface area contributed by atoms with Crippen molar-refractivity contribution >= 4 is 52.3 Å². The molecule has 0 aliphatic carbocycles. The van der Waals surface area contributed by atoms with E-state index in [4.69, 9.17) is 5.73 Å². The molecule has 0 atom stereocenters. The highest BCUT2D eigenvalue weighted by molar-refractivity contribution is 7.18. The number of fused-ring (bicyclic) bond motifs is 1. The number of benzene rings is 1. The minimum absolute atomic E-state index is 0. The molecule has 2 rings (SSSR count). The molecule has 1 amide bonds. The van der Waals surface area contributed by atoms with E-state index in [1.165, 1.54) is 4.70 Å². The number of para-hydroxylation sites is 1. The monoisotopic (exact) mass is 335 g/mol. The average Bonchev–Trinajstić information content (AvgIpc) is 2.79. The predicted molar refractivity (Wildman–Crippen MR) is 89.1 cm³/mol. The summed E-state index contributed by atoms with van der Waals surface area (Å²) in [4.78, 5) is 15.9. The number of aromatic nitrogens is 1. The van der Waals surface area contributed by atoms with Gasteiger partial charge in [0.2, 0.25) is 5.91 Å². The van der Waals surface area contributed by atoms with Gasteiger partial charge in [-0.2, -0.15) is 0 Å². The van der Waals surface area contributed by atoms with Gasteiger partial charge in [0.05, 0.1) is 15.2 Å². The van der Waals surface area contributed by atoms with Crippen molar-refractivity contribution in [2.24, 2.45) is 5.73 Å². The zero-order valence-electron chi connectivity index (χ0n) is 11.0. The smallest absolute Gasteiger partial charge is 0.220 e. The van der Waals surface area contributed by atoms with Crippen LogP contribution in [0.1, 0.15) is 17.8 Å². The molecule has 0 bridgehead atoms. The molecule has 0 unspecified atom stereocenters. The molecule has 0 fully saturated rings. The van der Waals surface area contributed by atoms with Crippen molar-refractivity contribution in [3.63, 3.8) is 0 Å². The lowest BCUT2D eigenvalue weighted by Crippen LogP contribution is -2.28. The average molecular weight is 336 g/mol. The summed E-state index contributed by atoms with van der Waals surface area (Å²) >= 11 is 1.70. The topological polar surface area (TPSA) is 68.0 Å². The van der Waals surface area contributed by atoms with Crippen molar-refractivity contribution in [2.45, 2.75) is 19.3 Å². The van der Waals surface area contributed by atoms with Gasteiger partial charge in [-0.1, -0.05) is 12.1 Å². The number of halogens is 2. The van der Waals surface area contributed by atoms with Crippen LogP contribution >= 0.6 is 36.2 Å². The SMILES string of the molecule is Cl.Cl.NCCNC(=O)CCCc1nc2ccccc2s1. The maximum absolute atomic E-state index is 11.4. The number of carbonyl (C=O) groups excluding carboxylic acids is 1. The lowest BCUT2D eigenvalue weighted by molar-refractivity contribution is -0.121. The zero-order valence-corrected chi connectivity index (χ0v) is 13.5. The Morgan fingerprint density at radius 3 is 2.75 bits per heavy atom. The van der Waals surface area contributed by atoms with E-state index in [0.29, 0.717) is 19.5 Å². The molecular weight excluding hydrogens is 317 g/mol. The maximum Gasteiger partial charge on any atom is 0.220 e. The Hall–Kier alpha value is -0.880. The van der Waals surface area contributed by atoms with Gasteiger partial charge in [-0.25, -0.2) is 4.98 Å². The first-order valence-electron chi connectivity index (χ1n) is 6.11. The second-order valence-corrected chi connectivity index (χ2v) is 5.18. The Labute approximate surface area is 135 Å². The van der Waals surface area contributed by atoms with Crippen LogP contribution in [0.15, 0.2) is 24.3 Å². The van der Waals surface area contributed by atoms with E-state index < -0.39 is 0 Å². The maximum atomic E-state index is 11.4. The normalized spacial score (nSPS) is 9.65. The van der Waals surface area contributed by atoms with Crippen LogP contribution < -0.4 is 11.1 Å². The number of nitrogens with two attached hydrogens (primary N) is 1. The van der Waals surface area contributed by atoms with Crippen molar-refractivity contribution in [1.29, 1.82) is 0 Å². The fourth-order valence-corrected chi connectivity index (χ4v) is 2.74. The summed E-state index contributed by atoms with van der Waals surface area (Å²) in [6.45, 7) is 1.05. The van der Waals surface area contributed by atoms with Gasteiger partial charge in [0.1, 0.15) is 0 Å². The van der Waals surface area contributed by atoms with Gasteiger partial charge in [-0.3, -0.25) is 4.79 Å². The van der Waals surface area contributed by atoms with Gasteiger partial charge in [-0.15, -0.1) is 36.2 Å². The number of amides is 1. The van der Waals surface area contributed by atoms with Crippen LogP contribution in [0.4, 0.5) is 0 Å². The summed E-state index contributed by atoms with van der Waals surface area (Å²) in [5.74, 6) is 0.0709.